The van der Waals surface area contributed by atoms with Crippen LogP contribution in [-0.2, 0) is 11.3 Å². The molecule has 5 heteroatoms. The van der Waals surface area contributed by atoms with Crippen LogP contribution >= 0.6 is 15.9 Å². The Hall–Kier alpha value is -2.01. The number of rotatable bonds is 7. The van der Waals surface area contributed by atoms with Crippen LogP contribution in [0, 0.1) is 5.92 Å². The van der Waals surface area contributed by atoms with E-state index < -0.39 is 0 Å². The van der Waals surface area contributed by atoms with Crippen LogP contribution in [0.3, 0.4) is 0 Å². The quantitative estimate of drug-likeness (QED) is 0.645. The number of amides is 1. The predicted molar refractivity (Wildman–Crippen MR) is 107 cm³/mol. The third kappa shape index (κ3) is 6.09. The average Bonchev–Trinajstić information content (AvgIpc) is 2.55. The van der Waals surface area contributed by atoms with Crippen LogP contribution in [-0.4, -0.2) is 12.0 Å². The maximum absolute atomic E-state index is 11.7. The number of hydrogen-bond acceptors (Lipinski definition) is 3. The van der Waals surface area contributed by atoms with Gasteiger partial charge in [0.05, 0.1) is 6.10 Å². The lowest BCUT2D eigenvalue weighted by Gasteiger charge is -2.16. The summed E-state index contributed by atoms with van der Waals surface area (Å²) >= 11 is 3.51. The van der Waals surface area contributed by atoms with Crippen molar-refractivity contribution in [1.29, 1.82) is 0 Å². The molecule has 2 aromatic carbocycles. The molecule has 0 radical (unpaired) electrons. The molecule has 0 spiro atoms. The Morgan fingerprint density at radius 3 is 2.28 bits per heavy atom. The molecule has 1 amide bonds. The number of ether oxygens (including phenoxy) is 1. The SMILES string of the molecule is CC(C)Oc1ccc(Br)cc1CNc1ccc(NC(=O)C(C)C)cc1. The second-order valence-electron chi connectivity index (χ2n) is 6.49. The summed E-state index contributed by atoms with van der Waals surface area (Å²) in [7, 11) is 0. The maximum atomic E-state index is 11.7. The van der Waals surface area contributed by atoms with Crippen LogP contribution in [0.4, 0.5) is 11.4 Å². The van der Waals surface area contributed by atoms with Crippen LogP contribution in [0.5, 0.6) is 5.75 Å². The van der Waals surface area contributed by atoms with E-state index in [1.807, 2.05) is 64.1 Å². The lowest BCUT2D eigenvalue weighted by Crippen LogP contribution is -2.17. The molecule has 0 saturated heterocycles. The van der Waals surface area contributed by atoms with E-state index in [1.165, 1.54) is 0 Å². The molecule has 2 rings (SSSR count). The minimum Gasteiger partial charge on any atom is -0.491 e. The zero-order valence-corrected chi connectivity index (χ0v) is 16.7. The van der Waals surface area contributed by atoms with Crippen LogP contribution in [0.15, 0.2) is 46.9 Å². The first kappa shape index (κ1) is 19.3. The number of benzene rings is 2. The van der Waals surface area contributed by atoms with E-state index in [-0.39, 0.29) is 17.9 Å². The molecule has 0 aliphatic heterocycles. The van der Waals surface area contributed by atoms with Gasteiger partial charge in [-0.15, -0.1) is 0 Å². The van der Waals surface area contributed by atoms with E-state index in [0.29, 0.717) is 6.54 Å². The van der Waals surface area contributed by atoms with Crippen molar-refractivity contribution in [3.05, 3.63) is 52.5 Å². The highest BCUT2D eigenvalue weighted by Gasteiger charge is 2.08. The average molecular weight is 405 g/mol. The standard InChI is InChI=1S/C20H25BrN2O2/c1-13(2)20(24)23-18-8-6-17(7-9-18)22-12-15-11-16(21)5-10-19(15)25-14(3)4/h5-11,13-14,22H,12H2,1-4H3,(H,23,24). The predicted octanol–water partition coefficient (Wildman–Crippen LogP) is 5.44. The second kappa shape index (κ2) is 8.90. The maximum Gasteiger partial charge on any atom is 0.226 e. The molecule has 4 nitrogen and oxygen atoms in total. The summed E-state index contributed by atoms with van der Waals surface area (Å²) in [5.74, 6) is 0.866. The Bertz CT molecular complexity index is 712. The third-order valence-corrected chi connectivity index (χ3v) is 4.04. The minimum absolute atomic E-state index is 0.0188. The van der Waals surface area contributed by atoms with E-state index >= 15 is 0 Å². The largest absolute Gasteiger partial charge is 0.491 e. The lowest BCUT2D eigenvalue weighted by atomic mass is 10.2. The first-order chi connectivity index (χ1) is 11.8. The molecule has 0 atom stereocenters. The molecule has 0 fully saturated rings. The van der Waals surface area contributed by atoms with Gasteiger partial charge in [0.25, 0.3) is 0 Å². The summed E-state index contributed by atoms with van der Waals surface area (Å²) in [6.07, 6.45) is 0.128. The van der Waals surface area contributed by atoms with Gasteiger partial charge < -0.3 is 15.4 Å². The Kier molecular flexibility index (Phi) is 6.88. The van der Waals surface area contributed by atoms with Crippen LogP contribution in [0.1, 0.15) is 33.3 Å². The van der Waals surface area contributed by atoms with Gasteiger partial charge in [-0.3, -0.25) is 4.79 Å². The van der Waals surface area contributed by atoms with Crippen LogP contribution in [0.25, 0.3) is 0 Å². The molecular formula is C20H25BrN2O2. The molecule has 0 unspecified atom stereocenters. The molecule has 0 aliphatic carbocycles. The molecule has 0 saturated carbocycles. The topological polar surface area (TPSA) is 50.4 Å². The van der Waals surface area contributed by atoms with Gasteiger partial charge in [0, 0.05) is 33.9 Å². The number of nitrogens with one attached hydrogen (secondary N) is 2. The number of hydrogen-bond donors (Lipinski definition) is 2. The minimum atomic E-state index is -0.0336. The van der Waals surface area contributed by atoms with Crippen molar-refractivity contribution in [2.75, 3.05) is 10.6 Å². The fraction of sp³-hybridized carbons (Fsp3) is 0.350. The van der Waals surface area contributed by atoms with Gasteiger partial charge in [-0.25, -0.2) is 0 Å². The van der Waals surface area contributed by atoms with Gasteiger partial charge in [-0.2, -0.15) is 0 Å². The van der Waals surface area contributed by atoms with Gasteiger partial charge in [-0.05, 0) is 56.3 Å². The van der Waals surface area contributed by atoms with E-state index in [1.54, 1.807) is 0 Å². The monoisotopic (exact) mass is 404 g/mol. The van der Waals surface area contributed by atoms with Crippen molar-refractivity contribution >= 4 is 33.2 Å². The van der Waals surface area contributed by atoms with Gasteiger partial charge in [0.2, 0.25) is 5.91 Å². The van der Waals surface area contributed by atoms with Crippen molar-refractivity contribution in [2.45, 2.75) is 40.3 Å². The highest BCUT2D eigenvalue weighted by molar-refractivity contribution is 9.10. The normalized spacial score (nSPS) is 10.8. The molecular weight excluding hydrogens is 380 g/mol. The number of anilines is 2. The molecule has 0 aliphatic rings. The fourth-order valence-corrected chi connectivity index (χ4v) is 2.62. The molecule has 0 aromatic heterocycles. The van der Waals surface area contributed by atoms with Crippen molar-refractivity contribution in [3.8, 4) is 5.75 Å². The van der Waals surface area contributed by atoms with Crippen molar-refractivity contribution in [1.82, 2.24) is 0 Å². The van der Waals surface area contributed by atoms with Crippen molar-refractivity contribution < 1.29 is 9.53 Å². The summed E-state index contributed by atoms with van der Waals surface area (Å²) < 4.78 is 6.89. The van der Waals surface area contributed by atoms with Crippen molar-refractivity contribution in [3.63, 3.8) is 0 Å². The summed E-state index contributed by atoms with van der Waals surface area (Å²) in [6.45, 7) is 8.44. The van der Waals surface area contributed by atoms with Gasteiger partial charge in [0.15, 0.2) is 0 Å². The van der Waals surface area contributed by atoms with E-state index in [4.69, 9.17) is 4.74 Å². The summed E-state index contributed by atoms with van der Waals surface area (Å²) in [4.78, 5) is 11.7. The van der Waals surface area contributed by atoms with Gasteiger partial charge in [-0.1, -0.05) is 29.8 Å². The Balaban J connectivity index is 2.02. The molecule has 0 heterocycles. The van der Waals surface area contributed by atoms with Crippen LogP contribution < -0.4 is 15.4 Å². The Morgan fingerprint density at radius 2 is 1.68 bits per heavy atom. The molecule has 134 valence electrons. The zero-order valence-electron chi connectivity index (χ0n) is 15.1. The van der Waals surface area contributed by atoms with E-state index in [0.717, 1.165) is 27.2 Å². The first-order valence-electron chi connectivity index (χ1n) is 8.45. The molecule has 2 aromatic rings. The second-order valence-corrected chi connectivity index (χ2v) is 7.41. The Morgan fingerprint density at radius 1 is 1.04 bits per heavy atom. The highest BCUT2D eigenvalue weighted by atomic mass is 79.9. The number of carbonyl (C=O) groups is 1. The summed E-state index contributed by atoms with van der Waals surface area (Å²) in [6, 6.07) is 13.7. The molecule has 25 heavy (non-hydrogen) atoms. The van der Waals surface area contributed by atoms with Gasteiger partial charge in [0.1, 0.15) is 5.75 Å². The van der Waals surface area contributed by atoms with Crippen molar-refractivity contribution in [2.24, 2.45) is 5.92 Å². The number of carbonyl (C=O) groups excluding carboxylic acids is 1. The summed E-state index contributed by atoms with van der Waals surface area (Å²) in [5.41, 5.74) is 2.87. The highest BCUT2D eigenvalue weighted by Crippen LogP contribution is 2.25. The lowest BCUT2D eigenvalue weighted by molar-refractivity contribution is -0.118. The number of halogens is 1. The third-order valence-electron chi connectivity index (χ3n) is 3.54. The smallest absolute Gasteiger partial charge is 0.226 e. The van der Waals surface area contributed by atoms with Gasteiger partial charge >= 0.3 is 0 Å². The van der Waals surface area contributed by atoms with E-state index in [9.17, 15) is 4.79 Å². The van der Waals surface area contributed by atoms with E-state index in [2.05, 4.69) is 32.6 Å². The fourth-order valence-electron chi connectivity index (χ4n) is 2.21. The molecule has 0 bridgehead atoms. The first-order valence-corrected chi connectivity index (χ1v) is 9.24. The summed E-state index contributed by atoms with van der Waals surface area (Å²) in [5, 5.41) is 6.28. The van der Waals surface area contributed by atoms with Crippen LogP contribution in [0.2, 0.25) is 0 Å². The zero-order chi connectivity index (χ0) is 18.4. The Labute approximate surface area is 158 Å². The molecule has 2 N–H and O–H groups in total.